The molecule has 0 amide bonds. The minimum Gasteiger partial charge on any atom is -0.490 e. The van der Waals surface area contributed by atoms with Crippen molar-refractivity contribution in [1.29, 1.82) is 0 Å². The van der Waals surface area contributed by atoms with Gasteiger partial charge in [-0.05, 0) is 62.4 Å². The van der Waals surface area contributed by atoms with Crippen molar-refractivity contribution in [3.8, 4) is 11.5 Å². The number of nitrogens with one attached hydrogen (secondary N) is 1. The molecule has 1 saturated carbocycles. The standard InChI is InChI=1S/C24H26F3NO3/c25-24(26,27)31-19-9-10-21(30-18-7-8-18)20(13-19)17-14-23(29-15-17)11-4-12-28-22(23)16-5-2-1-3-6-16/h1-3,5-6,9-10,13,17-18,22,28H,4,7-8,11-12,14-15H2/t17-,22+,23-/m1/s1. The Bertz CT molecular complexity index is 916. The van der Waals surface area contributed by atoms with Crippen LogP contribution in [0.3, 0.4) is 0 Å². The average Bonchev–Trinajstić information content (AvgIpc) is 3.47. The number of hydrogen-bond acceptors (Lipinski definition) is 4. The number of piperidine rings is 1. The average molecular weight is 433 g/mol. The predicted molar refractivity (Wildman–Crippen MR) is 109 cm³/mol. The SMILES string of the molecule is FC(F)(F)Oc1ccc(OC2CC2)c([C@H]2CO[C@]3(CCCN[C@H]3c3ccccc3)C2)c1. The zero-order valence-electron chi connectivity index (χ0n) is 17.2. The Morgan fingerprint density at radius 3 is 2.61 bits per heavy atom. The maximum atomic E-state index is 12.8. The van der Waals surface area contributed by atoms with Crippen LogP contribution in [0.25, 0.3) is 0 Å². The van der Waals surface area contributed by atoms with E-state index in [9.17, 15) is 13.2 Å². The summed E-state index contributed by atoms with van der Waals surface area (Å²) in [5.41, 5.74) is 1.52. The smallest absolute Gasteiger partial charge is 0.490 e. The summed E-state index contributed by atoms with van der Waals surface area (Å²) in [6.07, 6.45) is 0.00624. The first-order valence-electron chi connectivity index (χ1n) is 10.9. The van der Waals surface area contributed by atoms with Crippen molar-refractivity contribution in [2.75, 3.05) is 13.2 Å². The van der Waals surface area contributed by atoms with Crippen molar-refractivity contribution in [2.24, 2.45) is 0 Å². The van der Waals surface area contributed by atoms with Crippen LogP contribution in [-0.4, -0.2) is 31.2 Å². The Morgan fingerprint density at radius 1 is 1.06 bits per heavy atom. The van der Waals surface area contributed by atoms with E-state index in [1.54, 1.807) is 6.07 Å². The molecule has 31 heavy (non-hydrogen) atoms. The molecule has 2 saturated heterocycles. The first-order valence-corrected chi connectivity index (χ1v) is 10.9. The van der Waals surface area contributed by atoms with Crippen LogP contribution in [-0.2, 0) is 4.74 Å². The van der Waals surface area contributed by atoms with Crippen LogP contribution in [0, 0.1) is 0 Å². The van der Waals surface area contributed by atoms with Gasteiger partial charge in [-0.25, -0.2) is 0 Å². The summed E-state index contributed by atoms with van der Waals surface area (Å²) in [5, 5.41) is 3.61. The third kappa shape index (κ3) is 4.53. The first-order chi connectivity index (χ1) is 14.9. The highest BCUT2D eigenvalue weighted by Crippen LogP contribution is 2.50. The van der Waals surface area contributed by atoms with E-state index in [1.165, 1.54) is 17.7 Å². The molecule has 3 fully saturated rings. The summed E-state index contributed by atoms with van der Waals surface area (Å²) in [5.74, 6) is 0.368. The summed E-state index contributed by atoms with van der Waals surface area (Å²) in [6.45, 7) is 1.36. The van der Waals surface area contributed by atoms with Gasteiger partial charge in [0.25, 0.3) is 0 Å². The van der Waals surface area contributed by atoms with Gasteiger partial charge in [0.1, 0.15) is 11.5 Å². The Morgan fingerprint density at radius 2 is 1.87 bits per heavy atom. The maximum absolute atomic E-state index is 12.8. The van der Waals surface area contributed by atoms with E-state index in [0.717, 1.165) is 44.2 Å². The van der Waals surface area contributed by atoms with Crippen molar-refractivity contribution < 1.29 is 27.4 Å². The van der Waals surface area contributed by atoms with E-state index < -0.39 is 6.36 Å². The second-order valence-corrected chi connectivity index (χ2v) is 8.74. The minimum atomic E-state index is -4.73. The van der Waals surface area contributed by atoms with E-state index in [1.807, 2.05) is 18.2 Å². The van der Waals surface area contributed by atoms with Gasteiger partial charge in [0.2, 0.25) is 0 Å². The van der Waals surface area contributed by atoms with E-state index in [4.69, 9.17) is 9.47 Å². The normalized spacial score (nSPS) is 28.6. The van der Waals surface area contributed by atoms with Crippen LogP contribution in [0.5, 0.6) is 11.5 Å². The van der Waals surface area contributed by atoms with Crippen LogP contribution in [0.4, 0.5) is 13.2 Å². The van der Waals surface area contributed by atoms with Crippen LogP contribution in [0.15, 0.2) is 48.5 Å². The summed E-state index contributed by atoms with van der Waals surface area (Å²) in [4.78, 5) is 0. The minimum absolute atomic E-state index is 0.0508. The van der Waals surface area contributed by atoms with Gasteiger partial charge in [-0.2, -0.15) is 0 Å². The Hall–Kier alpha value is -2.25. The molecule has 1 aliphatic carbocycles. The molecule has 0 radical (unpaired) electrons. The summed E-state index contributed by atoms with van der Waals surface area (Å²) < 4.78 is 55.1. The summed E-state index contributed by atoms with van der Waals surface area (Å²) >= 11 is 0. The first kappa shape index (κ1) is 20.6. The number of benzene rings is 2. The Labute approximate surface area is 179 Å². The topological polar surface area (TPSA) is 39.7 Å². The zero-order valence-corrected chi connectivity index (χ0v) is 17.2. The fourth-order valence-corrected chi connectivity index (χ4v) is 4.92. The fourth-order valence-electron chi connectivity index (χ4n) is 4.92. The zero-order chi connectivity index (χ0) is 21.5. The molecular formula is C24H26F3NO3. The largest absolute Gasteiger partial charge is 0.573 e. The lowest BCUT2D eigenvalue weighted by Crippen LogP contribution is -2.48. The van der Waals surface area contributed by atoms with Gasteiger partial charge < -0.3 is 19.5 Å². The molecule has 2 heterocycles. The van der Waals surface area contributed by atoms with E-state index in [0.29, 0.717) is 12.4 Å². The van der Waals surface area contributed by atoms with Crippen molar-refractivity contribution in [2.45, 2.75) is 62.1 Å². The maximum Gasteiger partial charge on any atom is 0.573 e. The molecule has 3 atom stereocenters. The molecule has 2 aromatic rings. The third-order valence-corrected chi connectivity index (χ3v) is 6.42. The predicted octanol–water partition coefficient (Wildman–Crippen LogP) is 5.49. The molecule has 1 spiro atoms. The second kappa shape index (κ2) is 8.02. The van der Waals surface area contributed by atoms with Gasteiger partial charge >= 0.3 is 6.36 Å². The number of halogens is 3. The number of rotatable bonds is 5. The van der Waals surface area contributed by atoms with Gasteiger partial charge in [0, 0.05) is 11.5 Å². The van der Waals surface area contributed by atoms with Crippen molar-refractivity contribution >= 4 is 0 Å². The van der Waals surface area contributed by atoms with Gasteiger partial charge in [0.05, 0.1) is 24.4 Å². The van der Waals surface area contributed by atoms with Gasteiger partial charge in [-0.15, -0.1) is 13.2 Å². The molecule has 0 unspecified atom stereocenters. The highest BCUT2D eigenvalue weighted by Gasteiger charge is 2.49. The van der Waals surface area contributed by atoms with Crippen LogP contribution in [0.2, 0.25) is 0 Å². The highest BCUT2D eigenvalue weighted by molar-refractivity contribution is 5.44. The van der Waals surface area contributed by atoms with Crippen molar-refractivity contribution in [3.63, 3.8) is 0 Å². The Kier molecular flexibility index (Phi) is 5.34. The monoisotopic (exact) mass is 433 g/mol. The van der Waals surface area contributed by atoms with E-state index >= 15 is 0 Å². The van der Waals surface area contributed by atoms with E-state index in [2.05, 4.69) is 22.2 Å². The molecule has 5 rings (SSSR count). The second-order valence-electron chi connectivity index (χ2n) is 8.74. The quantitative estimate of drug-likeness (QED) is 0.677. The number of alkyl halides is 3. The van der Waals surface area contributed by atoms with Crippen molar-refractivity contribution in [3.05, 3.63) is 59.7 Å². The highest BCUT2D eigenvalue weighted by atomic mass is 19.4. The molecule has 7 heteroatoms. The third-order valence-electron chi connectivity index (χ3n) is 6.42. The lowest BCUT2D eigenvalue weighted by Gasteiger charge is -2.41. The van der Waals surface area contributed by atoms with Gasteiger partial charge in [-0.3, -0.25) is 0 Å². The molecule has 0 bridgehead atoms. The number of hydrogen-bond donors (Lipinski definition) is 1. The Balaban J connectivity index is 1.44. The molecule has 4 nitrogen and oxygen atoms in total. The van der Waals surface area contributed by atoms with Crippen LogP contribution in [0.1, 0.15) is 55.2 Å². The number of ether oxygens (including phenoxy) is 3. The van der Waals surface area contributed by atoms with Crippen LogP contribution < -0.4 is 14.8 Å². The van der Waals surface area contributed by atoms with Gasteiger partial charge in [0.15, 0.2) is 0 Å². The summed E-state index contributed by atoms with van der Waals surface area (Å²) in [6, 6.07) is 14.7. The molecule has 1 N–H and O–H groups in total. The van der Waals surface area contributed by atoms with Crippen LogP contribution >= 0.6 is 0 Å². The van der Waals surface area contributed by atoms with Gasteiger partial charge in [-0.1, -0.05) is 30.3 Å². The lowest BCUT2D eigenvalue weighted by molar-refractivity contribution is -0.274. The van der Waals surface area contributed by atoms with E-state index in [-0.39, 0.29) is 29.4 Å². The van der Waals surface area contributed by atoms with Crippen molar-refractivity contribution in [1.82, 2.24) is 5.32 Å². The molecule has 166 valence electrons. The fraction of sp³-hybridized carbons (Fsp3) is 0.500. The summed E-state index contributed by atoms with van der Waals surface area (Å²) in [7, 11) is 0. The molecule has 2 aromatic carbocycles. The molecule has 3 aliphatic rings. The molecule has 2 aliphatic heterocycles. The molecule has 0 aromatic heterocycles. The lowest BCUT2D eigenvalue weighted by atomic mass is 9.77. The molecular weight excluding hydrogens is 407 g/mol.